The topological polar surface area (TPSA) is 30.9 Å². The van der Waals surface area contributed by atoms with E-state index in [0.717, 1.165) is 24.2 Å². The van der Waals surface area contributed by atoms with Gasteiger partial charge in [-0.05, 0) is 73.8 Å². The molecule has 2 bridgehead atoms. The Morgan fingerprint density at radius 1 is 1.29 bits per heavy atom. The van der Waals surface area contributed by atoms with E-state index < -0.39 is 0 Å². The summed E-state index contributed by atoms with van der Waals surface area (Å²) in [5, 5.41) is 0. The Bertz CT molecular complexity index is 542. The van der Waals surface area contributed by atoms with Crippen LogP contribution in [0.1, 0.15) is 76.2 Å². The highest BCUT2D eigenvalue weighted by Crippen LogP contribution is 2.53. The van der Waals surface area contributed by atoms with Crippen molar-refractivity contribution in [3.05, 3.63) is 23.5 Å². The molecule has 0 aliphatic heterocycles. The van der Waals surface area contributed by atoms with E-state index in [1.165, 1.54) is 43.4 Å². The van der Waals surface area contributed by atoms with Gasteiger partial charge in [0, 0.05) is 24.0 Å². The summed E-state index contributed by atoms with van der Waals surface area (Å²) in [4.78, 5) is 0. The fraction of sp³-hybridized carbons (Fsp3) is 0.789. The maximum atomic E-state index is 6.44. The van der Waals surface area contributed by atoms with Crippen LogP contribution in [0, 0.1) is 23.2 Å². The average molecular weight is 286 g/mol. The monoisotopic (exact) mass is 286 g/mol. The number of nitrogens with two attached hydrogens (primary N) is 1. The summed E-state index contributed by atoms with van der Waals surface area (Å²) in [5.74, 6) is 2.93. The lowest BCUT2D eigenvalue weighted by Crippen LogP contribution is -2.32. The maximum absolute atomic E-state index is 6.44. The Balaban J connectivity index is 1.64. The van der Waals surface area contributed by atoms with Gasteiger partial charge in [0.1, 0.15) is 0 Å². The lowest BCUT2D eigenvalue weighted by atomic mass is 9.74. The predicted octanol–water partition coefficient (Wildman–Crippen LogP) is 4.46. The van der Waals surface area contributed by atoms with Gasteiger partial charge in [0.2, 0.25) is 0 Å². The van der Waals surface area contributed by atoms with Crippen molar-refractivity contribution in [1.82, 2.24) is 4.57 Å². The van der Waals surface area contributed by atoms with Crippen molar-refractivity contribution in [2.24, 2.45) is 28.9 Å². The van der Waals surface area contributed by atoms with Crippen molar-refractivity contribution < 1.29 is 0 Å². The van der Waals surface area contributed by atoms with E-state index in [-0.39, 0.29) is 6.04 Å². The zero-order valence-corrected chi connectivity index (χ0v) is 13.8. The van der Waals surface area contributed by atoms with Gasteiger partial charge in [-0.25, -0.2) is 0 Å². The third-order valence-corrected chi connectivity index (χ3v) is 6.73. The number of rotatable bonds is 2. The van der Waals surface area contributed by atoms with Gasteiger partial charge in [0.05, 0.1) is 0 Å². The van der Waals surface area contributed by atoms with Crippen molar-refractivity contribution >= 4 is 0 Å². The molecule has 1 aromatic rings. The predicted molar refractivity (Wildman–Crippen MR) is 87.1 cm³/mol. The smallest absolute Gasteiger partial charge is 0.0336 e. The van der Waals surface area contributed by atoms with Crippen LogP contribution in [0.4, 0.5) is 0 Å². The largest absolute Gasteiger partial charge is 0.348 e. The highest BCUT2D eigenvalue weighted by atomic mass is 15.0. The number of hydrogen-bond acceptors (Lipinski definition) is 1. The van der Waals surface area contributed by atoms with Crippen LogP contribution in [0.25, 0.3) is 0 Å². The van der Waals surface area contributed by atoms with Crippen LogP contribution in [-0.2, 0) is 6.42 Å². The summed E-state index contributed by atoms with van der Waals surface area (Å²) in [5.41, 5.74) is 9.74. The zero-order chi connectivity index (χ0) is 14.8. The fourth-order valence-electron chi connectivity index (χ4n) is 5.73. The molecule has 0 amide bonds. The summed E-state index contributed by atoms with van der Waals surface area (Å²) in [7, 11) is 0. The van der Waals surface area contributed by atoms with Crippen molar-refractivity contribution in [2.75, 3.05) is 0 Å². The molecule has 1 heterocycles. The molecule has 4 rings (SSSR count). The van der Waals surface area contributed by atoms with Crippen LogP contribution in [0.15, 0.2) is 12.3 Å². The number of hydrogen-bond donors (Lipinski definition) is 1. The van der Waals surface area contributed by atoms with E-state index in [0.29, 0.717) is 11.5 Å². The molecule has 2 N–H and O–H groups in total. The third kappa shape index (κ3) is 2.18. The SMILES string of the molecule is CC(C1CC2CCC1C2)n1ccc2c1CC(C)(C)CC2N. The zero-order valence-electron chi connectivity index (χ0n) is 13.8. The molecule has 0 spiro atoms. The van der Waals surface area contributed by atoms with Crippen LogP contribution in [-0.4, -0.2) is 4.57 Å². The van der Waals surface area contributed by atoms with Crippen LogP contribution in [0.2, 0.25) is 0 Å². The van der Waals surface area contributed by atoms with E-state index in [2.05, 4.69) is 37.6 Å². The molecule has 5 unspecified atom stereocenters. The summed E-state index contributed by atoms with van der Waals surface area (Å²) >= 11 is 0. The molecule has 2 nitrogen and oxygen atoms in total. The normalized spacial score (nSPS) is 38.5. The second-order valence-electron chi connectivity index (χ2n) is 8.86. The van der Waals surface area contributed by atoms with Crippen LogP contribution < -0.4 is 5.73 Å². The fourth-order valence-corrected chi connectivity index (χ4v) is 5.73. The molecule has 2 heteroatoms. The Morgan fingerprint density at radius 2 is 2.10 bits per heavy atom. The Kier molecular flexibility index (Phi) is 3.05. The van der Waals surface area contributed by atoms with Gasteiger partial charge in [-0.1, -0.05) is 20.3 Å². The van der Waals surface area contributed by atoms with Gasteiger partial charge in [-0.15, -0.1) is 0 Å². The van der Waals surface area contributed by atoms with E-state index in [1.807, 2.05) is 0 Å². The van der Waals surface area contributed by atoms with Crippen LogP contribution in [0.3, 0.4) is 0 Å². The molecule has 0 aromatic carbocycles. The first-order chi connectivity index (χ1) is 9.94. The van der Waals surface area contributed by atoms with Crippen LogP contribution >= 0.6 is 0 Å². The number of nitrogens with zero attached hydrogens (tertiary/aromatic N) is 1. The Labute approximate surface area is 129 Å². The van der Waals surface area contributed by atoms with Crippen molar-refractivity contribution in [3.8, 4) is 0 Å². The third-order valence-electron chi connectivity index (χ3n) is 6.73. The molecule has 116 valence electrons. The Hall–Kier alpha value is -0.760. The van der Waals surface area contributed by atoms with Crippen molar-refractivity contribution in [1.29, 1.82) is 0 Å². The average Bonchev–Trinajstić information content (AvgIpc) is 3.10. The van der Waals surface area contributed by atoms with E-state index in [1.54, 1.807) is 0 Å². The highest BCUT2D eigenvalue weighted by molar-refractivity contribution is 5.30. The molecule has 5 atom stereocenters. The lowest BCUT2D eigenvalue weighted by molar-refractivity contribution is 0.225. The first-order valence-electron chi connectivity index (χ1n) is 8.90. The van der Waals surface area contributed by atoms with Gasteiger partial charge in [0.15, 0.2) is 0 Å². The van der Waals surface area contributed by atoms with Crippen molar-refractivity contribution in [2.45, 2.75) is 71.4 Å². The standard InChI is InChI=1S/C19H30N2/c1-12(16-9-13-4-5-14(16)8-13)21-7-6-15-17(20)10-19(2,3)11-18(15)21/h6-7,12-14,16-17H,4-5,8-11,20H2,1-3H3. The molecule has 21 heavy (non-hydrogen) atoms. The highest BCUT2D eigenvalue weighted by Gasteiger charge is 2.43. The minimum atomic E-state index is 0.234. The summed E-state index contributed by atoms with van der Waals surface area (Å²) < 4.78 is 2.60. The molecule has 3 aliphatic rings. The van der Waals surface area contributed by atoms with E-state index in [4.69, 9.17) is 5.73 Å². The number of aromatic nitrogens is 1. The van der Waals surface area contributed by atoms with Gasteiger partial charge in [0.25, 0.3) is 0 Å². The lowest BCUT2D eigenvalue weighted by Gasteiger charge is -2.37. The molecular weight excluding hydrogens is 256 g/mol. The molecule has 2 saturated carbocycles. The van der Waals surface area contributed by atoms with Gasteiger partial charge in [-0.2, -0.15) is 0 Å². The molecule has 3 aliphatic carbocycles. The maximum Gasteiger partial charge on any atom is 0.0336 e. The Morgan fingerprint density at radius 3 is 2.76 bits per heavy atom. The van der Waals surface area contributed by atoms with E-state index >= 15 is 0 Å². The van der Waals surface area contributed by atoms with Gasteiger partial charge >= 0.3 is 0 Å². The van der Waals surface area contributed by atoms with Crippen molar-refractivity contribution in [3.63, 3.8) is 0 Å². The summed E-state index contributed by atoms with van der Waals surface area (Å²) in [6, 6.07) is 3.20. The minimum Gasteiger partial charge on any atom is -0.348 e. The summed E-state index contributed by atoms with van der Waals surface area (Å²) in [6.45, 7) is 7.20. The first kappa shape index (κ1) is 13.9. The van der Waals surface area contributed by atoms with Crippen LogP contribution in [0.5, 0.6) is 0 Å². The summed E-state index contributed by atoms with van der Waals surface area (Å²) in [6.07, 6.45) is 10.6. The second kappa shape index (κ2) is 4.62. The van der Waals surface area contributed by atoms with E-state index in [9.17, 15) is 0 Å². The first-order valence-corrected chi connectivity index (χ1v) is 8.90. The number of fused-ring (bicyclic) bond motifs is 3. The molecular formula is C19H30N2. The quantitative estimate of drug-likeness (QED) is 0.855. The minimum absolute atomic E-state index is 0.234. The molecule has 0 radical (unpaired) electrons. The second-order valence-corrected chi connectivity index (χ2v) is 8.86. The molecule has 1 aromatic heterocycles. The molecule has 0 saturated heterocycles. The van der Waals surface area contributed by atoms with Gasteiger partial charge < -0.3 is 10.3 Å². The molecule has 2 fully saturated rings. The van der Waals surface area contributed by atoms with Gasteiger partial charge in [-0.3, -0.25) is 0 Å².